The Morgan fingerprint density at radius 1 is 1.24 bits per heavy atom. The summed E-state index contributed by atoms with van der Waals surface area (Å²) in [5, 5.41) is 30.1. The van der Waals surface area contributed by atoms with Gasteiger partial charge in [-0.3, -0.25) is 0 Å². The topological polar surface area (TPSA) is 118 Å². The predicted octanol–water partition coefficient (Wildman–Crippen LogP) is 1.52. The fourth-order valence-corrected chi connectivity index (χ4v) is 2.69. The summed E-state index contributed by atoms with van der Waals surface area (Å²) in [6.45, 7) is 3.88. The lowest BCUT2D eigenvalue weighted by molar-refractivity contribution is 0.340. The van der Waals surface area contributed by atoms with Crippen molar-refractivity contribution in [3.63, 3.8) is 0 Å². The largest absolute Gasteiger partial charge is 0.374 e. The van der Waals surface area contributed by atoms with Crippen molar-refractivity contribution in [2.24, 2.45) is 5.41 Å². The van der Waals surface area contributed by atoms with Gasteiger partial charge in [-0.25, -0.2) is 8.42 Å². The third-order valence-corrected chi connectivity index (χ3v) is 3.77. The van der Waals surface area contributed by atoms with Crippen molar-refractivity contribution in [3.8, 4) is 18.2 Å². The summed E-state index contributed by atoms with van der Waals surface area (Å²) in [6.07, 6.45) is 2.00. The average molecular weight is 304 g/mol. The molecule has 0 unspecified atom stereocenters. The number of rotatable bonds is 3. The van der Waals surface area contributed by atoms with E-state index in [1.165, 1.54) is 0 Å². The van der Waals surface area contributed by atoms with Crippen LogP contribution < -0.4 is 5.32 Å². The molecule has 1 N–H and O–H groups in total. The maximum Gasteiger partial charge on any atom is 0.165 e. The fourth-order valence-electron chi connectivity index (χ4n) is 2.26. The summed E-state index contributed by atoms with van der Waals surface area (Å²) in [7, 11) is -3.24. The molecule has 0 aromatic rings. The van der Waals surface area contributed by atoms with Gasteiger partial charge in [0.05, 0.1) is 5.57 Å². The lowest BCUT2D eigenvalue weighted by Crippen LogP contribution is -2.30. The second-order valence-electron chi connectivity index (χ2n) is 5.81. The Labute approximate surface area is 124 Å². The van der Waals surface area contributed by atoms with E-state index in [2.05, 4.69) is 5.32 Å². The summed E-state index contributed by atoms with van der Waals surface area (Å²) >= 11 is 0. The number of nitrogens with one attached hydrogen (secondary N) is 1. The Balaban J connectivity index is 3.42. The molecule has 1 aliphatic rings. The molecule has 21 heavy (non-hydrogen) atoms. The highest BCUT2D eigenvalue weighted by Crippen LogP contribution is 2.41. The van der Waals surface area contributed by atoms with E-state index in [1.54, 1.807) is 12.1 Å². The second kappa shape index (κ2) is 5.99. The molecule has 0 aromatic carbocycles. The van der Waals surface area contributed by atoms with Gasteiger partial charge >= 0.3 is 0 Å². The van der Waals surface area contributed by atoms with Crippen molar-refractivity contribution in [2.45, 2.75) is 26.7 Å². The van der Waals surface area contributed by atoms with Gasteiger partial charge in [-0.15, -0.1) is 0 Å². The molecule has 0 aromatic heterocycles. The van der Waals surface area contributed by atoms with Gasteiger partial charge in [0, 0.05) is 17.5 Å². The Bertz CT molecular complexity index is 721. The van der Waals surface area contributed by atoms with Crippen LogP contribution in [0, 0.1) is 39.4 Å². The number of sulfone groups is 1. The van der Waals surface area contributed by atoms with Crippen molar-refractivity contribution in [1.82, 2.24) is 5.32 Å². The number of allylic oxidation sites excluding steroid dienone is 4. The predicted molar refractivity (Wildman–Crippen MR) is 76.8 cm³/mol. The summed E-state index contributed by atoms with van der Waals surface area (Å²) < 4.78 is 22.5. The first-order valence-electron chi connectivity index (χ1n) is 6.22. The summed E-state index contributed by atoms with van der Waals surface area (Å²) in [4.78, 5) is 0. The van der Waals surface area contributed by atoms with E-state index in [1.807, 2.05) is 19.9 Å². The van der Waals surface area contributed by atoms with Crippen molar-refractivity contribution in [2.75, 3.05) is 12.1 Å². The van der Waals surface area contributed by atoms with E-state index in [9.17, 15) is 13.7 Å². The minimum absolute atomic E-state index is 0.0991. The third-order valence-electron chi connectivity index (χ3n) is 3.10. The SMILES string of the molecule is CC1(C)CC(NCS(C)(=O)=O)=C(C#N)C(=C(C#N)C#N)C1. The Morgan fingerprint density at radius 2 is 1.81 bits per heavy atom. The molecular formula is C14H16N4O2S. The molecule has 0 amide bonds. The molecule has 0 saturated heterocycles. The third kappa shape index (κ3) is 4.34. The number of nitriles is 3. The van der Waals surface area contributed by atoms with Crippen LogP contribution in [0.25, 0.3) is 0 Å². The van der Waals surface area contributed by atoms with Gasteiger partial charge in [-0.2, -0.15) is 15.8 Å². The molecule has 6 nitrogen and oxygen atoms in total. The van der Waals surface area contributed by atoms with Crippen LogP contribution in [0.15, 0.2) is 22.4 Å². The van der Waals surface area contributed by atoms with Gasteiger partial charge in [0.2, 0.25) is 0 Å². The quantitative estimate of drug-likeness (QED) is 0.790. The van der Waals surface area contributed by atoms with Gasteiger partial charge in [-0.05, 0) is 18.3 Å². The smallest absolute Gasteiger partial charge is 0.165 e. The first kappa shape index (κ1) is 16.8. The van der Waals surface area contributed by atoms with Gasteiger partial charge in [-0.1, -0.05) is 13.8 Å². The maximum atomic E-state index is 11.3. The van der Waals surface area contributed by atoms with E-state index in [4.69, 9.17) is 10.5 Å². The monoisotopic (exact) mass is 304 g/mol. The highest BCUT2D eigenvalue weighted by molar-refractivity contribution is 7.90. The van der Waals surface area contributed by atoms with Crippen molar-refractivity contribution < 1.29 is 8.42 Å². The zero-order valence-corrected chi connectivity index (χ0v) is 13.0. The molecule has 0 fully saturated rings. The zero-order valence-electron chi connectivity index (χ0n) is 12.2. The van der Waals surface area contributed by atoms with Gasteiger partial charge in [0.25, 0.3) is 0 Å². The van der Waals surface area contributed by atoms with Crippen molar-refractivity contribution >= 4 is 9.84 Å². The van der Waals surface area contributed by atoms with Crippen LogP contribution >= 0.6 is 0 Å². The van der Waals surface area contributed by atoms with E-state index in [0.717, 1.165) is 6.26 Å². The van der Waals surface area contributed by atoms with Crippen LogP contribution in [-0.2, 0) is 9.84 Å². The molecule has 1 rings (SSSR count). The van der Waals surface area contributed by atoms with Crippen molar-refractivity contribution in [1.29, 1.82) is 15.8 Å². The van der Waals surface area contributed by atoms with Crippen LogP contribution in [0.3, 0.4) is 0 Å². The highest BCUT2D eigenvalue weighted by atomic mass is 32.2. The fraction of sp³-hybridized carbons (Fsp3) is 0.500. The number of hydrogen-bond acceptors (Lipinski definition) is 6. The number of nitrogens with zero attached hydrogens (tertiary/aromatic N) is 3. The van der Waals surface area contributed by atoms with Crippen LogP contribution in [-0.4, -0.2) is 20.6 Å². The molecule has 110 valence electrons. The Morgan fingerprint density at radius 3 is 2.24 bits per heavy atom. The molecule has 1 aliphatic carbocycles. The lowest BCUT2D eigenvalue weighted by atomic mass is 9.73. The van der Waals surface area contributed by atoms with Crippen LogP contribution in [0.1, 0.15) is 26.7 Å². The Hall–Kier alpha value is -2.30. The molecular weight excluding hydrogens is 288 g/mol. The molecule has 0 saturated carbocycles. The molecule has 0 spiro atoms. The summed E-state index contributed by atoms with van der Waals surface area (Å²) in [5.41, 5.74) is 0.690. The summed E-state index contributed by atoms with van der Waals surface area (Å²) in [5.74, 6) is -0.286. The first-order valence-corrected chi connectivity index (χ1v) is 8.28. The van der Waals surface area contributed by atoms with Gasteiger partial charge in [0.1, 0.15) is 29.7 Å². The van der Waals surface area contributed by atoms with Gasteiger partial charge < -0.3 is 5.32 Å². The van der Waals surface area contributed by atoms with E-state index in [0.29, 0.717) is 24.1 Å². The van der Waals surface area contributed by atoms with Crippen LogP contribution in [0.4, 0.5) is 0 Å². The lowest BCUT2D eigenvalue weighted by Gasteiger charge is -2.33. The molecule has 0 bridgehead atoms. The van der Waals surface area contributed by atoms with E-state index in [-0.39, 0.29) is 22.4 Å². The van der Waals surface area contributed by atoms with Gasteiger partial charge in [0.15, 0.2) is 9.84 Å². The molecule has 0 heterocycles. The highest BCUT2D eigenvalue weighted by Gasteiger charge is 2.32. The molecule has 0 atom stereocenters. The minimum atomic E-state index is -3.24. The van der Waals surface area contributed by atoms with E-state index >= 15 is 0 Å². The molecule has 7 heteroatoms. The van der Waals surface area contributed by atoms with Crippen LogP contribution in [0.5, 0.6) is 0 Å². The van der Waals surface area contributed by atoms with E-state index < -0.39 is 9.84 Å². The molecule has 0 radical (unpaired) electrons. The second-order valence-corrected chi connectivity index (χ2v) is 7.95. The Kier molecular flexibility index (Phi) is 4.78. The minimum Gasteiger partial charge on any atom is -0.374 e. The average Bonchev–Trinajstić information content (AvgIpc) is 2.35. The van der Waals surface area contributed by atoms with Crippen LogP contribution in [0.2, 0.25) is 0 Å². The first-order chi connectivity index (χ1) is 9.63. The number of hydrogen-bond donors (Lipinski definition) is 1. The standard InChI is InChI=1S/C14H16N4O2S/c1-14(2)4-11(10(6-15)7-16)12(8-17)13(5-14)18-9-21(3,19)20/h18H,4-5,9H2,1-3H3. The maximum absolute atomic E-state index is 11.3. The molecule has 0 aliphatic heterocycles. The normalized spacial score (nSPS) is 17.4. The van der Waals surface area contributed by atoms with Crippen molar-refractivity contribution in [3.05, 3.63) is 22.4 Å². The summed E-state index contributed by atoms with van der Waals surface area (Å²) in [6, 6.07) is 5.60. The zero-order chi connectivity index (χ0) is 16.3.